The lowest BCUT2D eigenvalue weighted by atomic mass is 9.72. The average molecular weight is 588 g/mol. The molecule has 1 heterocycles. The molecule has 3 N–H and O–H groups in total. The number of rotatable bonds is 9. The Morgan fingerprint density at radius 2 is 1.86 bits per heavy atom. The van der Waals surface area contributed by atoms with Gasteiger partial charge in [-0.05, 0) is 70.9 Å². The summed E-state index contributed by atoms with van der Waals surface area (Å²) in [5.74, 6) is 0.0722. The molecule has 7 nitrogen and oxygen atoms in total. The third-order valence-corrected chi connectivity index (χ3v) is 8.09. The SMILES string of the molecule is CO[C@@H]1[C@@H](O)[C@@H](O)[C@H](Oc2ccc(CCNC(C)=O)c(-c3cccc(F)c3)c2)OC1(C1=CC=CC(C)C1)c1ccccc1. The van der Waals surface area contributed by atoms with Crippen molar-refractivity contribution in [2.75, 3.05) is 13.7 Å². The summed E-state index contributed by atoms with van der Waals surface area (Å²) in [7, 11) is 1.50. The number of ether oxygens (including phenoxy) is 3. The molecular formula is C35H38FNO6. The van der Waals surface area contributed by atoms with Gasteiger partial charge in [-0.1, -0.05) is 73.7 Å². The summed E-state index contributed by atoms with van der Waals surface area (Å²) in [6.45, 7) is 3.97. The number of methoxy groups -OCH3 is 1. The Hall–Kier alpha value is -3.82. The number of hydrogen-bond acceptors (Lipinski definition) is 6. The highest BCUT2D eigenvalue weighted by Gasteiger charge is 2.58. The predicted octanol–water partition coefficient (Wildman–Crippen LogP) is 5.06. The minimum absolute atomic E-state index is 0.136. The van der Waals surface area contributed by atoms with Gasteiger partial charge < -0.3 is 29.7 Å². The molecule has 6 atom stereocenters. The van der Waals surface area contributed by atoms with Crippen LogP contribution in [-0.2, 0) is 26.3 Å². The van der Waals surface area contributed by atoms with Crippen LogP contribution in [0.1, 0.15) is 31.4 Å². The lowest BCUT2D eigenvalue weighted by Gasteiger charge is -2.51. The van der Waals surface area contributed by atoms with Crippen LogP contribution in [0.15, 0.2) is 96.6 Å². The summed E-state index contributed by atoms with van der Waals surface area (Å²) >= 11 is 0. The number of carbonyl (C=O) groups is 1. The highest BCUT2D eigenvalue weighted by molar-refractivity contribution is 5.73. The van der Waals surface area contributed by atoms with Gasteiger partial charge in [-0.25, -0.2) is 4.39 Å². The minimum Gasteiger partial charge on any atom is -0.462 e. The molecule has 0 radical (unpaired) electrons. The van der Waals surface area contributed by atoms with Crippen LogP contribution < -0.4 is 10.1 Å². The standard InChI is InChI=1S/C35H38FNO6/c1-22-9-7-13-27(19-22)35(26-11-5-4-6-12-26)33(41-3)31(39)32(40)34(43-35)42-29-16-15-24(17-18-37-23(2)38)30(21-29)25-10-8-14-28(36)20-25/h4-16,20-22,31-34,39-40H,17-19H2,1-3H3,(H,37,38)/t22?,31-,32+,33+,34+,35?/m0/s1. The topological polar surface area (TPSA) is 97.3 Å². The molecule has 3 aromatic carbocycles. The van der Waals surface area contributed by atoms with Gasteiger partial charge in [-0.3, -0.25) is 4.79 Å². The number of hydrogen-bond donors (Lipinski definition) is 3. The van der Waals surface area contributed by atoms with Gasteiger partial charge in [0.15, 0.2) is 0 Å². The second-order valence-corrected chi connectivity index (χ2v) is 11.2. The molecule has 1 amide bonds. The Morgan fingerprint density at radius 1 is 1.07 bits per heavy atom. The van der Waals surface area contributed by atoms with Crippen LogP contribution in [0.5, 0.6) is 5.75 Å². The fourth-order valence-corrected chi connectivity index (χ4v) is 6.06. The van der Waals surface area contributed by atoms with Crippen molar-refractivity contribution < 1.29 is 33.6 Å². The van der Waals surface area contributed by atoms with Gasteiger partial charge in [0.1, 0.15) is 35.5 Å². The van der Waals surface area contributed by atoms with E-state index < -0.39 is 30.2 Å². The van der Waals surface area contributed by atoms with Crippen LogP contribution in [0, 0.1) is 11.7 Å². The molecule has 1 aliphatic heterocycles. The van der Waals surface area contributed by atoms with Crippen LogP contribution in [0.3, 0.4) is 0 Å². The fourth-order valence-electron chi connectivity index (χ4n) is 6.06. The van der Waals surface area contributed by atoms with Crippen LogP contribution in [0.4, 0.5) is 4.39 Å². The van der Waals surface area contributed by atoms with Crippen molar-refractivity contribution in [3.05, 3.63) is 114 Å². The molecule has 1 fully saturated rings. The summed E-state index contributed by atoms with van der Waals surface area (Å²) in [5.41, 5.74) is 2.65. The Labute approximate surface area is 251 Å². The van der Waals surface area contributed by atoms with Crippen molar-refractivity contribution in [2.45, 2.75) is 56.9 Å². The summed E-state index contributed by atoms with van der Waals surface area (Å²) in [4.78, 5) is 11.4. The van der Waals surface area contributed by atoms with Crippen molar-refractivity contribution in [3.8, 4) is 16.9 Å². The van der Waals surface area contributed by atoms with Crippen LogP contribution in [0.2, 0.25) is 0 Å². The van der Waals surface area contributed by atoms with Crippen molar-refractivity contribution in [3.63, 3.8) is 0 Å². The molecule has 1 aliphatic carbocycles. The van der Waals surface area contributed by atoms with E-state index in [0.717, 1.165) is 16.7 Å². The van der Waals surface area contributed by atoms with E-state index in [1.54, 1.807) is 24.3 Å². The number of allylic oxidation sites excluding steroid dienone is 3. The van der Waals surface area contributed by atoms with Gasteiger partial charge in [-0.15, -0.1) is 0 Å². The van der Waals surface area contributed by atoms with Gasteiger partial charge in [-0.2, -0.15) is 0 Å². The third kappa shape index (κ3) is 6.43. The van der Waals surface area contributed by atoms with E-state index in [9.17, 15) is 19.4 Å². The number of benzene rings is 3. The highest BCUT2D eigenvalue weighted by atomic mass is 19.1. The number of carbonyl (C=O) groups excluding carboxylic acids is 1. The quantitative estimate of drug-likeness (QED) is 0.324. The molecule has 0 spiro atoms. The molecule has 0 bridgehead atoms. The Bertz CT molecular complexity index is 1490. The maximum atomic E-state index is 14.2. The Morgan fingerprint density at radius 3 is 2.56 bits per heavy atom. The van der Waals surface area contributed by atoms with Crippen molar-refractivity contribution in [1.29, 1.82) is 0 Å². The molecule has 2 aliphatic rings. The molecule has 3 aromatic rings. The average Bonchev–Trinajstić information content (AvgIpc) is 3.00. The van der Waals surface area contributed by atoms with Gasteiger partial charge in [0.05, 0.1) is 0 Å². The normalized spacial score (nSPS) is 26.9. The zero-order chi connectivity index (χ0) is 30.6. The first-order chi connectivity index (χ1) is 20.7. The van der Waals surface area contributed by atoms with E-state index in [-0.39, 0.29) is 17.6 Å². The van der Waals surface area contributed by atoms with E-state index in [1.807, 2.05) is 48.6 Å². The van der Waals surface area contributed by atoms with Gasteiger partial charge >= 0.3 is 0 Å². The Kier molecular flexibility index (Phi) is 9.42. The maximum absolute atomic E-state index is 14.2. The third-order valence-electron chi connectivity index (χ3n) is 8.09. The zero-order valence-corrected chi connectivity index (χ0v) is 24.6. The largest absolute Gasteiger partial charge is 0.462 e. The second-order valence-electron chi connectivity index (χ2n) is 11.2. The van der Waals surface area contributed by atoms with E-state index in [0.29, 0.717) is 36.3 Å². The monoisotopic (exact) mass is 587 g/mol. The van der Waals surface area contributed by atoms with Crippen molar-refractivity contribution in [1.82, 2.24) is 5.32 Å². The van der Waals surface area contributed by atoms with E-state index in [2.05, 4.69) is 18.3 Å². The van der Waals surface area contributed by atoms with Gasteiger partial charge in [0, 0.05) is 20.6 Å². The first-order valence-corrected chi connectivity index (χ1v) is 14.5. The van der Waals surface area contributed by atoms with E-state index in [1.165, 1.54) is 26.2 Å². The smallest absolute Gasteiger partial charge is 0.230 e. The number of halogens is 1. The molecule has 226 valence electrons. The molecular weight excluding hydrogens is 549 g/mol. The summed E-state index contributed by atoms with van der Waals surface area (Å²) in [6, 6.07) is 21.1. The van der Waals surface area contributed by atoms with E-state index in [4.69, 9.17) is 14.2 Å². The van der Waals surface area contributed by atoms with Gasteiger partial charge in [0.25, 0.3) is 0 Å². The maximum Gasteiger partial charge on any atom is 0.230 e. The molecule has 2 unspecified atom stereocenters. The number of aliphatic hydroxyl groups excluding tert-OH is 2. The van der Waals surface area contributed by atoms with Gasteiger partial charge in [0.2, 0.25) is 12.2 Å². The van der Waals surface area contributed by atoms with Crippen LogP contribution >= 0.6 is 0 Å². The first kappa shape index (κ1) is 30.6. The fraction of sp³-hybridized carbons (Fsp3) is 0.343. The zero-order valence-electron chi connectivity index (χ0n) is 24.6. The van der Waals surface area contributed by atoms with Crippen molar-refractivity contribution in [2.24, 2.45) is 5.92 Å². The first-order valence-electron chi connectivity index (χ1n) is 14.5. The molecule has 1 saturated heterocycles. The Balaban J connectivity index is 1.54. The molecule has 8 heteroatoms. The number of amides is 1. The summed E-state index contributed by atoms with van der Waals surface area (Å²) in [5, 5.41) is 25.5. The molecule has 0 aromatic heterocycles. The van der Waals surface area contributed by atoms with Crippen LogP contribution in [0.25, 0.3) is 11.1 Å². The highest BCUT2D eigenvalue weighted by Crippen LogP contribution is 2.48. The minimum atomic E-state index is -1.43. The van der Waals surface area contributed by atoms with Crippen molar-refractivity contribution >= 4 is 5.91 Å². The summed E-state index contributed by atoms with van der Waals surface area (Å²) < 4.78 is 33.2. The van der Waals surface area contributed by atoms with Crippen LogP contribution in [-0.4, -0.2) is 54.4 Å². The number of nitrogens with one attached hydrogen (secondary N) is 1. The lowest BCUT2D eigenvalue weighted by Crippen LogP contribution is -2.65. The number of aliphatic hydroxyl groups is 2. The van der Waals surface area contributed by atoms with E-state index >= 15 is 0 Å². The predicted molar refractivity (Wildman–Crippen MR) is 162 cm³/mol. The lowest BCUT2D eigenvalue weighted by molar-refractivity contribution is -0.310. The molecule has 5 rings (SSSR count). The summed E-state index contributed by atoms with van der Waals surface area (Å²) in [6.07, 6.45) is 2.26. The molecule has 43 heavy (non-hydrogen) atoms. The second kappa shape index (κ2) is 13.2. The molecule has 0 saturated carbocycles.